The van der Waals surface area contributed by atoms with Crippen LogP contribution in [0.3, 0.4) is 0 Å². The maximum atomic E-state index is 11.4. The van der Waals surface area contributed by atoms with Crippen LogP contribution in [0.15, 0.2) is 0 Å². The third-order valence-electron chi connectivity index (χ3n) is 3.08. The summed E-state index contributed by atoms with van der Waals surface area (Å²) in [5.41, 5.74) is 0. The second-order valence-electron chi connectivity index (χ2n) is 4.69. The number of hydrogen-bond acceptors (Lipinski definition) is 3. The van der Waals surface area contributed by atoms with Gasteiger partial charge in [0.1, 0.15) is 0 Å². The molecule has 1 atom stereocenters. The number of likely N-dealkylation sites (tertiary alicyclic amines) is 1. The van der Waals surface area contributed by atoms with Gasteiger partial charge in [0.05, 0.1) is 6.10 Å². The highest BCUT2D eigenvalue weighted by molar-refractivity contribution is 5.76. The average Bonchev–Trinajstić information content (AvgIpc) is 2.99. The van der Waals surface area contributed by atoms with Crippen LogP contribution in [0.25, 0.3) is 0 Å². The minimum Gasteiger partial charge on any atom is -0.392 e. The quantitative estimate of drug-likeness (QED) is 0.695. The van der Waals surface area contributed by atoms with Crippen molar-refractivity contribution in [3.05, 3.63) is 0 Å². The number of aliphatic hydroxyl groups excluding tert-OH is 1. The van der Waals surface area contributed by atoms with Gasteiger partial charge in [-0.25, -0.2) is 0 Å². The van der Waals surface area contributed by atoms with Crippen molar-refractivity contribution in [1.29, 1.82) is 0 Å². The summed E-state index contributed by atoms with van der Waals surface area (Å²) in [4.78, 5) is 13.6. The number of hydrogen-bond donors (Lipinski definition) is 2. The summed E-state index contributed by atoms with van der Waals surface area (Å²) in [5, 5.41) is 12.4. The third-order valence-corrected chi connectivity index (χ3v) is 3.08. The Bertz CT molecular complexity index is 229. The molecule has 0 spiro atoms. The Morgan fingerprint density at radius 2 is 2.20 bits per heavy atom. The number of carbonyl (C=O) groups excluding carboxylic acids is 1. The molecule has 15 heavy (non-hydrogen) atoms. The summed E-state index contributed by atoms with van der Waals surface area (Å²) in [6.45, 7) is 2.54. The molecule has 1 amide bonds. The fourth-order valence-electron chi connectivity index (χ4n) is 2.02. The van der Waals surface area contributed by atoms with Gasteiger partial charge in [0.15, 0.2) is 0 Å². The van der Waals surface area contributed by atoms with Gasteiger partial charge >= 0.3 is 0 Å². The first-order chi connectivity index (χ1) is 7.24. The van der Waals surface area contributed by atoms with Crippen molar-refractivity contribution in [2.45, 2.75) is 44.2 Å². The minimum atomic E-state index is -0.190. The molecule has 2 N–H and O–H groups in total. The molecule has 1 heterocycles. The van der Waals surface area contributed by atoms with E-state index in [-0.39, 0.29) is 12.0 Å². The SMILES string of the molecule is O=C(CCN1CCC[C@H](O)C1)NC1CC1. The molecule has 1 aliphatic carbocycles. The summed E-state index contributed by atoms with van der Waals surface area (Å²) < 4.78 is 0. The first-order valence-corrected chi connectivity index (χ1v) is 5.94. The van der Waals surface area contributed by atoms with Crippen molar-refractivity contribution in [3.63, 3.8) is 0 Å². The topological polar surface area (TPSA) is 52.6 Å². The Hall–Kier alpha value is -0.610. The van der Waals surface area contributed by atoms with Gasteiger partial charge in [0, 0.05) is 25.6 Å². The normalized spacial score (nSPS) is 27.7. The monoisotopic (exact) mass is 212 g/mol. The maximum Gasteiger partial charge on any atom is 0.221 e. The van der Waals surface area contributed by atoms with E-state index in [1.54, 1.807) is 0 Å². The van der Waals surface area contributed by atoms with Gasteiger partial charge in [0.25, 0.3) is 0 Å². The number of piperidine rings is 1. The van der Waals surface area contributed by atoms with Gasteiger partial charge in [-0.3, -0.25) is 4.79 Å². The fraction of sp³-hybridized carbons (Fsp3) is 0.909. The van der Waals surface area contributed by atoms with E-state index in [9.17, 15) is 9.90 Å². The van der Waals surface area contributed by atoms with Crippen LogP contribution in [-0.4, -0.2) is 47.7 Å². The van der Waals surface area contributed by atoms with Gasteiger partial charge in [-0.2, -0.15) is 0 Å². The molecule has 0 unspecified atom stereocenters. The lowest BCUT2D eigenvalue weighted by Gasteiger charge is -2.29. The molecule has 1 aliphatic heterocycles. The van der Waals surface area contributed by atoms with E-state index in [1.165, 1.54) is 0 Å². The molecule has 1 saturated heterocycles. The number of carbonyl (C=O) groups is 1. The molecule has 0 radical (unpaired) electrons. The van der Waals surface area contributed by atoms with Crippen molar-refractivity contribution in [3.8, 4) is 0 Å². The zero-order valence-electron chi connectivity index (χ0n) is 9.11. The summed E-state index contributed by atoms with van der Waals surface area (Å²) in [5.74, 6) is 0.164. The summed E-state index contributed by atoms with van der Waals surface area (Å²) in [7, 11) is 0. The van der Waals surface area contributed by atoms with E-state index >= 15 is 0 Å². The molecule has 86 valence electrons. The van der Waals surface area contributed by atoms with Crippen LogP contribution in [-0.2, 0) is 4.79 Å². The summed E-state index contributed by atoms with van der Waals surface area (Å²) >= 11 is 0. The van der Waals surface area contributed by atoms with Crippen LogP contribution in [0, 0.1) is 0 Å². The Kier molecular flexibility index (Phi) is 3.59. The Labute approximate surface area is 90.6 Å². The Morgan fingerprint density at radius 3 is 2.87 bits per heavy atom. The number of amides is 1. The highest BCUT2D eigenvalue weighted by atomic mass is 16.3. The van der Waals surface area contributed by atoms with E-state index in [0.29, 0.717) is 12.5 Å². The first kappa shape index (κ1) is 10.9. The number of β-amino-alcohol motifs (C(OH)–C–C–N with tert-alkyl or cyclic N) is 1. The van der Waals surface area contributed by atoms with Gasteiger partial charge in [0.2, 0.25) is 5.91 Å². The first-order valence-electron chi connectivity index (χ1n) is 5.94. The van der Waals surface area contributed by atoms with E-state index in [4.69, 9.17) is 0 Å². The molecular weight excluding hydrogens is 192 g/mol. The molecular formula is C11H20N2O2. The molecule has 4 heteroatoms. The van der Waals surface area contributed by atoms with Crippen LogP contribution >= 0.6 is 0 Å². The lowest BCUT2D eigenvalue weighted by Crippen LogP contribution is -2.40. The number of aliphatic hydroxyl groups is 1. The number of nitrogens with zero attached hydrogens (tertiary/aromatic N) is 1. The molecule has 0 aromatic heterocycles. The van der Waals surface area contributed by atoms with E-state index < -0.39 is 0 Å². The molecule has 2 fully saturated rings. The predicted octanol–water partition coefficient (Wildman–Crippen LogP) is 0.112. The smallest absolute Gasteiger partial charge is 0.221 e. The van der Waals surface area contributed by atoms with E-state index in [1.807, 2.05) is 0 Å². The zero-order valence-corrected chi connectivity index (χ0v) is 9.11. The minimum absolute atomic E-state index is 0.164. The standard InChI is InChI=1S/C11H20N2O2/c14-10-2-1-6-13(8-10)7-5-11(15)12-9-3-4-9/h9-10,14H,1-8H2,(H,12,15)/t10-/m0/s1. The number of nitrogens with one attached hydrogen (secondary N) is 1. The van der Waals surface area contributed by atoms with Crippen LogP contribution in [0.1, 0.15) is 32.1 Å². The van der Waals surface area contributed by atoms with Crippen molar-refractivity contribution in [2.75, 3.05) is 19.6 Å². The predicted molar refractivity (Wildman–Crippen MR) is 57.5 cm³/mol. The fourth-order valence-corrected chi connectivity index (χ4v) is 2.02. The lowest BCUT2D eigenvalue weighted by molar-refractivity contribution is -0.121. The van der Waals surface area contributed by atoms with E-state index in [0.717, 1.165) is 45.3 Å². The van der Waals surface area contributed by atoms with Gasteiger partial charge in [-0.05, 0) is 32.2 Å². The number of rotatable bonds is 4. The molecule has 4 nitrogen and oxygen atoms in total. The van der Waals surface area contributed by atoms with Crippen LogP contribution in [0.5, 0.6) is 0 Å². The highest BCUT2D eigenvalue weighted by Gasteiger charge is 2.23. The Morgan fingerprint density at radius 1 is 1.40 bits per heavy atom. The molecule has 1 saturated carbocycles. The largest absolute Gasteiger partial charge is 0.392 e. The van der Waals surface area contributed by atoms with Crippen molar-refractivity contribution in [2.24, 2.45) is 0 Å². The molecule has 2 aliphatic rings. The van der Waals surface area contributed by atoms with Crippen molar-refractivity contribution in [1.82, 2.24) is 10.2 Å². The molecule has 2 rings (SSSR count). The maximum absolute atomic E-state index is 11.4. The van der Waals surface area contributed by atoms with Crippen LogP contribution in [0.4, 0.5) is 0 Å². The third kappa shape index (κ3) is 3.80. The molecule has 0 aromatic carbocycles. The highest BCUT2D eigenvalue weighted by Crippen LogP contribution is 2.18. The Balaban J connectivity index is 1.61. The van der Waals surface area contributed by atoms with Crippen molar-refractivity contribution < 1.29 is 9.90 Å². The average molecular weight is 212 g/mol. The van der Waals surface area contributed by atoms with Crippen LogP contribution in [0.2, 0.25) is 0 Å². The summed E-state index contributed by atoms with van der Waals surface area (Å²) in [6, 6.07) is 0.462. The second-order valence-corrected chi connectivity index (χ2v) is 4.69. The molecule has 0 aromatic rings. The van der Waals surface area contributed by atoms with Gasteiger partial charge < -0.3 is 15.3 Å². The van der Waals surface area contributed by atoms with Gasteiger partial charge in [-0.15, -0.1) is 0 Å². The second kappa shape index (κ2) is 4.94. The van der Waals surface area contributed by atoms with E-state index in [2.05, 4.69) is 10.2 Å². The van der Waals surface area contributed by atoms with Crippen LogP contribution < -0.4 is 5.32 Å². The van der Waals surface area contributed by atoms with Gasteiger partial charge in [-0.1, -0.05) is 0 Å². The zero-order chi connectivity index (χ0) is 10.7. The molecule has 0 bridgehead atoms. The lowest BCUT2D eigenvalue weighted by atomic mass is 10.1. The summed E-state index contributed by atoms with van der Waals surface area (Å²) in [6.07, 6.45) is 4.63. The van der Waals surface area contributed by atoms with Crippen molar-refractivity contribution >= 4 is 5.91 Å².